The zero-order valence-electron chi connectivity index (χ0n) is 9.50. The number of rotatable bonds is 3. The number of aromatic nitrogens is 1. The average Bonchev–Trinajstić information content (AvgIpc) is 2.32. The molecule has 1 aliphatic rings. The van der Waals surface area contributed by atoms with Crippen LogP contribution in [0, 0.1) is 9.49 Å². The van der Waals surface area contributed by atoms with E-state index in [0.29, 0.717) is 11.1 Å². The number of aliphatic hydroxyl groups excluding tert-OH is 1. The van der Waals surface area contributed by atoms with E-state index >= 15 is 0 Å². The molecule has 0 aliphatic heterocycles. The summed E-state index contributed by atoms with van der Waals surface area (Å²) in [6, 6.07) is 1.86. The lowest BCUT2D eigenvalue weighted by atomic mass is 9.87. The van der Waals surface area contributed by atoms with Crippen LogP contribution < -0.4 is 5.32 Å². The highest BCUT2D eigenvalue weighted by atomic mass is 127. The minimum atomic E-state index is -0.0817. The minimum absolute atomic E-state index is 0.0817. The van der Waals surface area contributed by atoms with Crippen LogP contribution in [0.4, 0.5) is 5.69 Å². The van der Waals surface area contributed by atoms with Crippen LogP contribution >= 0.6 is 34.2 Å². The Morgan fingerprint density at radius 3 is 2.82 bits per heavy atom. The lowest BCUT2D eigenvalue weighted by molar-refractivity contribution is 0.111. The summed E-state index contributed by atoms with van der Waals surface area (Å²) in [5.41, 5.74) is 1.05. The topological polar surface area (TPSA) is 45.1 Å². The van der Waals surface area contributed by atoms with E-state index in [1.54, 1.807) is 6.20 Å². The molecule has 2 N–H and O–H groups in total. The lowest BCUT2D eigenvalue weighted by Gasteiger charge is -2.26. The van der Waals surface area contributed by atoms with Crippen LogP contribution in [0.1, 0.15) is 25.7 Å². The van der Waals surface area contributed by atoms with Crippen molar-refractivity contribution < 1.29 is 5.11 Å². The fourth-order valence-corrected chi connectivity index (χ4v) is 2.80. The van der Waals surface area contributed by atoms with Crippen molar-refractivity contribution >= 4 is 39.9 Å². The first kappa shape index (κ1) is 13.4. The van der Waals surface area contributed by atoms with Gasteiger partial charge >= 0.3 is 0 Å². The van der Waals surface area contributed by atoms with E-state index < -0.39 is 0 Å². The Labute approximate surface area is 120 Å². The number of nitrogens with one attached hydrogen (secondary N) is 1. The molecule has 1 heterocycles. The number of anilines is 1. The molecule has 1 aliphatic carbocycles. The summed E-state index contributed by atoms with van der Waals surface area (Å²) in [5.74, 6) is 0.654. The minimum Gasteiger partial charge on any atom is -0.393 e. The van der Waals surface area contributed by atoms with Crippen molar-refractivity contribution in [2.24, 2.45) is 5.92 Å². The van der Waals surface area contributed by atoms with Gasteiger partial charge in [0.1, 0.15) is 5.15 Å². The summed E-state index contributed by atoms with van der Waals surface area (Å²) in [7, 11) is 0. The molecule has 94 valence electrons. The van der Waals surface area contributed by atoms with Gasteiger partial charge in [-0.3, -0.25) is 0 Å². The molecular weight excluding hydrogens is 351 g/mol. The predicted octanol–water partition coefficient (Wildman–Crippen LogP) is 3.30. The van der Waals surface area contributed by atoms with Crippen molar-refractivity contribution in [1.29, 1.82) is 0 Å². The van der Waals surface area contributed by atoms with Crippen molar-refractivity contribution in [2.45, 2.75) is 31.8 Å². The molecule has 0 amide bonds. The number of pyridine rings is 1. The summed E-state index contributed by atoms with van der Waals surface area (Å²) in [4.78, 5) is 4.03. The molecule has 0 unspecified atom stereocenters. The molecule has 1 aromatic heterocycles. The number of aliphatic hydroxyl groups is 1. The van der Waals surface area contributed by atoms with Gasteiger partial charge in [0.25, 0.3) is 0 Å². The van der Waals surface area contributed by atoms with Crippen LogP contribution in [-0.2, 0) is 0 Å². The van der Waals surface area contributed by atoms with Crippen molar-refractivity contribution in [2.75, 3.05) is 11.9 Å². The Bertz CT molecular complexity index is 381. The van der Waals surface area contributed by atoms with Gasteiger partial charge in [-0.05, 0) is 60.3 Å². The Balaban J connectivity index is 1.87. The zero-order valence-corrected chi connectivity index (χ0v) is 12.4. The summed E-state index contributed by atoms with van der Waals surface area (Å²) in [6.07, 6.45) is 5.76. The van der Waals surface area contributed by atoms with Gasteiger partial charge in [0, 0.05) is 12.7 Å². The van der Waals surface area contributed by atoms with Gasteiger partial charge in [-0.2, -0.15) is 0 Å². The van der Waals surface area contributed by atoms with E-state index in [-0.39, 0.29) is 6.10 Å². The predicted molar refractivity (Wildman–Crippen MR) is 78.4 cm³/mol. The summed E-state index contributed by atoms with van der Waals surface area (Å²) in [6.45, 7) is 0.947. The van der Waals surface area contributed by atoms with Crippen LogP contribution in [0.5, 0.6) is 0 Å². The molecule has 2 rings (SSSR count). The molecule has 1 fully saturated rings. The standard InChI is InChI=1S/C12H16ClIN2O/c13-12-5-11(10(14)7-16-12)15-6-8-1-3-9(17)4-2-8/h5,7-9,17H,1-4,6H2,(H,15,16)/t8-,9-. The summed E-state index contributed by atoms with van der Waals surface area (Å²) >= 11 is 8.12. The maximum atomic E-state index is 9.45. The second-order valence-corrected chi connectivity index (χ2v) is 6.09. The Hall–Kier alpha value is -0.0700. The maximum Gasteiger partial charge on any atom is 0.131 e. The Morgan fingerprint density at radius 1 is 1.41 bits per heavy atom. The Kier molecular flexibility index (Phi) is 4.87. The van der Waals surface area contributed by atoms with Crippen LogP contribution in [0.2, 0.25) is 5.15 Å². The molecule has 5 heteroatoms. The van der Waals surface area contributed by atoms with E-state index in [0.717, 1.165) is 41.5 Å². The van der Waals surface area contributed by atoms with Gasteiger partial charge in [0.15, 0.2) is 0 Å². The van der Waals surface area contributed by atoms with E-state index in [9.17, 15) is 5.11 Å². The molecule has 17 heavy (non-hydrogen) atoms. The fourth-order valence-electron chi connectivity index (χ4n) is 2.15. The third-order valence-corrected chi connectivity index (χ3v) is 4.29. The maximum absolute atomic E-state index is 9.45. The average molecular weight is 367 g/mol. The monoisotopic (exact) mass is 366 g/mol. The van der Waals surface area contributed by atoms with Crippen LogP contribution in [0.15, 0.2) is 12.3 Å². The SMILES string of the molecule is O[C@H]1CC[C@H](CNc2cc(Cl)ncc2I)CC1. The first-order chi connectivity index (χ1) is 8.15. The Morgan fingerprint density at radius 2 is 2.12 bits per heavy atom. The number of nitrogens with zero attached hydrogens (tertiary/aromatic N) is 1. The van der Waals surface area contributed by atoms with Gasteiger partial charge in [-0.15, -0.1) is 0 Å². The highest BCUT2D eigenvalue weighted by Gasteiger charge is 2.19. The van der Waals surface area contributed by atoms with Crippen molar-refractivity contribution in [3.8, 4) is 0 Å². The van der Waals surface area contributed by atoms with Crippen molar-refractivity contribution in [1.82, 2.24) is 4.98 Å². The third kappa shape index (κ3) is 3.96. The molecule has 1 saturated carbocycles. The number of halogens is 2. The quantitative estimate of drug-likeness (QED) is 0.637. The number of hydrogen-bond donors (Lipinski definition) is 2. The summed E-state index contributed by atoms with van der Waals surface area (Å²) in [5, 5.41) is 13.4. The molecule has 0 aromatic carbocycles. The van der Waals surface area contributed by atoms with Crippen LogP contribution in [-0.4, -0.2) is 22.7 Å². The van der Waals surface area contributed by atoms with E-state index in [2.05, 4.69) is 32.9 Å². The third-order valence-electron chi connectivity index (χ3n) is 3.22. The van der Waals surface area contributed by atoms with Crippen LogP contribution in [0.3, 0.4) is 0 Å². The van der Waals surface area contributed by atoms with Crippen LogP contribution in [0.25, 0.3) is 0 Å². The van der Waals surface area contributed by atoms with E-state index in [1.165, 1.54) is 0 Å². The second-order valence-electron chi connectivity index (χ2n) is 4.54. The van der Waals surface area contributed by atoms with Gasteiger partial charge in [0.05, 0.1) is 15.4 Å². The molecule has 0 atom stereocenters. The molecule has 0 bridgehead atoms. The molecular formula is C12H16ClIN2O. The van der Waals surface area contributed by atoms with E-state index in [1.807, 2.05) is 6.07 Å². The molecule has 0 radical (unpaired) electrons. The van der Waals surface area contributed by atoms with Crippen molar-refractivity contribution in [3.05, 3.63) is 21.0 Å². The van der Waals surface area contributed by atoms with Crippen molar-refractivity contribution in [3.63, 3.8) is 0 Å². The van der Waals surface area contributed by atoms with Gasteiger partial charge in [0.2, 0.25) is 0 Å². The largest absolute Gasteiger partial charge is 0.393 e. The van der Waals surface area contributed by atoms with Gasteiger partial charge < -0.3 is 10.4 Å². The first-order valence-corrected chi connectivity index (χ1v) is 7.34. The highest BCUT2D eigenvalue weighted by molar-refractivity contribution is 14.1. The number of hydrogen-bond acceptors (Lipinski definition) is 3. The first-order valence-electron chi connectivity index (χ1n) is 5.88. The van der Waals surface area contributed by atoms with Gasteiger partial charge in [-0.1, -0.05) is 11.6 Å². The lowest BCUT2D eigenvalue weighted by Crippen LogP contribution is -2.23. The molecule has 0 spiro atoms. The molecule has 0 saturated heterocycles. The normalized spacial score (nSPS) is 24.6. The zero-order chi connectivity index (χ0) is 12.3. The smallest absolute Gasteiger partial charge is 0.131 e. The molecule has 3 nitrogen and oxygen atoms in total. The van der Waals surface area contributed by atoms with E-state index in [4.69, 9.17) is 11.6 Å². The molecule has 1 aromatic rings. The fraction of sp³-hybridized carbons (Fsp3) is 0.583. The summed E-state index contributed by atoms with van der Waals surface area (Å²) < 4.78 is 1.09. The second kappa shape index (κ2) is 6.20. The van der Waals surface area contributed by atoms with Gasteiger partial charge in [-0.25, -0.2) is 4.98 Å². The highest BCUT2D eigenvalue weighted by Crippen LogP contribution is 2.26.